The lowest BCUT2D eigenvalue weighted by molar-refractivity contribution is -0.123. The van der Waals surface area contributed by atoms with Crippen molar-refractivity contribution in [1.82, 2.24) is 10.6 Å². The molecule has 0 radical (unpaired) electrons. The molecular weight excluding hydrogens is 218 g/mol. The smallest absolute Gasteiger partial charge is 0.223 e. The monoisotopic (exact) mass is 241 g/mol. The Labute approximate surface area is 103 Å². The molecule has 0 spiro atoms. The molecular formula is C12H23N3O2. The molecule has 0 saturated heterocycles. The lowest BCUT2D eigenvalue weighted by Crippen LogP contribution is -2.35. The van der Waals surface area contributed by atoms with Gasteiger partial charge in [-0.1, -0.05) is 6.42 Å². The summed E-state index contributed by atoms with van der Waals surface area (Å²) >= 11 is 0. The van der Waals surface area contributed by atoms with Gasteiger partial charge in [0, 0.05) is 25.4 Å². The van der Waals surface area contributed by atoms with E-state index in [1.165, 1.54) is 0 Å². The van der Waals surface area contributed by atoms with Crippen LogP contribution in [0.3, 0.4) is 0 Å². The molecule has 0 aromatic heterocycles. The lowest BCUT2D eigenvalue weighted by Gasteiger charge is -2.06. The van der Waals surface area contributed by atoms with Crippen LogP contribution in [0.4, 0.5) is 0 Å². The normalized spacial score (nSPS) is 14.4. The highest BCUT2D eigenvalue weighted by atomic mass is 16.2. The van der Waals surface area contributed by atoms with E-state index in [0.29, 0.717) is 26.1 Å². The van der Waals surface area contributed by atoms with E-state index in [1.807, 2.05) is 0 Å². The van der Waals surface area contributed by atoms with Gasteiger partial charge in [0.2, 0.25) is 11.8 Å². The topological polar surface area (TPSA) is 84.2 Å². The first kappa shape index (κ1) is 14.0. The Balaban J connectivity index is 1.87. The van der Waals surface area contributed by atoms with Crippen LogP contribution >= 0.6 is 0 Å². The van der Waals surface area contributed by atoms with Crippen LogP contribution in [0.15, 0.2) is 0 Å². The molecule has 0 aromatic carbocycles. The van der Waals surface area contributed by atoms with Gasteiger partial charge in [-0.05, 0) is 32.2 Å². The van der Waals surface area contributed by atoms with Gasteiger partial charge in [0.25, 0.3) is 0 Å². The van der Waals surface area contributed by atoms with Crippen LogP contribution in [0.2, 0.25) is 0 Å². The predicted octanol–water partition coefficient (Wildman–Crippen LogP) is 0.148. The van der Waals surface area contributed by atoms with Crippen LogP contribution in [0.25, 0.3) is 0 Å². The first-order chi connectivity index (χ1) is 8.24. The molecule has 17 heavy (non-hydrogen) atoms. The maximum absolute atomic E-state index is 11.3. The first-order valence-electron chi connectivity index (χ1n) is 6.48. The van der Waals surface area contributed by atoms with Crippen molar-refractivity contribution in [3.8, 4) is 0 Å². The minimum Gasteiger partial charge on any atom is -0.354 e. The van der Waals surface area contributed by atoms with Gasteiger partial charge in [-0.2, -0.15) is 0 Å². The van der Waals surface area contributed by atoms with Crippen LogP contribution < -0.4 is 16.4 Å². The number of rotatable bonds is 9. The van der Waals surface area contributed by atoms with E-state index >= 15 is 0 Å². The fraction of sp³-hybridized carbons (Fsp3) is 0.833. The molecule has 1 aliphatic carbocycles. The molecule has 1 rings (SSSR count). The Kier molecular flexibility index (Phi) is 6.62. The van der Waals surface area contributed by atoms with Gasteiger partial charge in [-0.3, -0.25) is 9.59 Å². The summed E-state index contributed by atoms with van der Waals surface area (Å²) in [6.07, 6.45) is 5.44. The number of hydrogen-bond acceptors (Lipinski definition) is 3. The van der Waals surface area contributed by atoms with Crippen molar-refractivity contribution in [2.75, 3.05) is 19.6 Å². The molecule has 0 bridgehead atoms. The van der Waals surface area contributed by atoms with Crippen molar-refractivity contribution in [3.63, 3.8) is 0 Å². The van der Waals surface area contributed by atoms with Crippen LogP contribution in [0, 0.1) is 5.92 Å². The summed E-state index contributed by atoms with van der Waals surface area (Å²) in [4.78, 5) is 22.6. The summed E-state index contributed by atoms with van der Waals surface area (Å²) in [5.74, 6) is 0.423. The minimum absolute atomic E-state index is 0.0580. The third kappa shape index (κ3) is 6.94. The van der Waals surface area contributed by atoms with Crippen molar-refractivity contribution in [2.24, 2.45) is 11.7 Å². The van der Waals surface area contributed by atoms with Crippen molar-refractivity contribution in [3.05, 3.63) is 0 Å². The van der Waals surface area contributed by atoms with Crippen LogP contribution in [-0.4, -0.2) is 31.4 Å². The molecule has 0 heterocycles. The Bertz CT molecular complexity index is 252. The molecule has 1 saturated carbocycles. The number of carbonyl (C=O) groups excluding carboxylic acids is 2. The van der Waals surface area contributed by atoms with Crippen molar-refractivity contribution < 1.29 is 9.59 Å². The summed E-state index contributed by atoms with van der Waals surface area (Å²) in [6, 6.07) is 0. The second-order valence-corrected chi connectivity index (χ2v) is 4.51. The molecule has 0 aliphatic heterocycles. The highest BCUT2D eigenvalue weighted by molar-refractivity contribution is 5.81. The lowest BCUT2D eigenvalue weighted by atomic mass is 10.2. The largest absolute Gasteiger partial charge is 0.354 e. The van der Waals surface area contributed by atoms with E-state index in [9.17, 15) is 9.59 Å². The van der Waals surface area contributed by atoms with E-state index in [1.54, 1.807) is 0 Å². The summed E-state index contributed by atoms with van der Waals surface area (Å²) in [5.41, 5.74) is 5.36. The average Bonchev–Trinajstić information content (AvgIpc) is 3.14. The van der Waals surface area contributed by atoms with Gasteiger partial charge in [-0.15, -0.1) is 0 Å². The zero-order chi connectivity index (χ0) is 12.5. The van der Waals surface area contributed by atoms with E-state index in [4.69, 9.17) is 5.73 Å². The second-order valence-electron chi connectivity index (χ2n) is 4.51. The molecule has 0 atom stereocenters. The number of nitrogens with two attached hydrogens (primary N) is 1. The Morgan fingerprint density at radius 2 is 1.76 bits per heavy atom. The Morgan fingerprint density at radius 1 is 1.06 bits per heavy atom. The van der Waals surface area contributed by atoms with Crippen LogP contribution in [-0.2, 0) is 9.59 Å². The molecule has 98 valence electrons. The molecule has 1 fully saturated rings. The predicted molar refractivity (Wildman–Crippen MR) is 66.3 cm³/mol. The van der Waals surface area contributed by atoms with E-state index in [0.717, 1.165) is 32.1 Å². The maximum atomic E-state index is 11.3. The fourth-order valence-electron chi connectivity index (χ4n) is 1.57. The first-order valence-corrected chi connectivity index (χ1v) is 6.48. The quantitative estimate of drug-likeness (QED) is 0.502. The highest BCUT2D eigenvalue weighted by Gasteiger charge is 2.28. The summed E-state index contributed by atoms with van der Waals surface area (Å²) in [5, 5.41) is 5.60. The average molecular weight is 241 g/mol. The van der Waals surface area contributed by atoms with Crippen molar-refractivity contribution in [1.29, 1.82) is 0 Å². The molecule has 0 unspecified atom stereocenters. The Hall–Kier alpha value is -1.10. The second kappa shape index (κ2) is 8.06. The van der Waals surface area contributed by atoms with Gasteiger partial charge < -0.3 is 16.4 Å². The Morgan fingerprint density at radius 3 is 2.41 bits per heavy atom. The highest BCUT2D eigenvalue weighted by Crippen LogP contribution is 2.28. The standard InChI is InChI=1S/C12H23N3O2/c13-7-3-1-2-4-11(16)14-8-9-15-12(17)10-5-6-10/h10H,1-9,13H2,(H,14,16)(H,15,17). The fourth-order valence-corrected chi connectivity index (χ4v) is 1.57. The third-order valence-electron chi connectivity index (χ3n) is 2.80. The maximum Gasteiger partial charge on any atom is 0.223 e. The van der Waals surface area contributed by atoms with Crippen molar-refractivity contribution >= 4 is 11.8 Å². The minimum atomic E-state index is 0.0580. The van der Waals surface area contributed by atoms with Gasteiger partial charge in [0.05, 0.1) is 0 Å². The molecule has 4 N–H and O–H groups in total. The molecule has 1 aliphatic rings. The van der Waals surface area contributed by atoms with Gasteiger partial charge in [0.15, 0.2) is 0 Å². The van der Waals surface area contributed by atoms with Gasteiger partial charge in [-0.25, -0.2) is 0 Å². The molecule has 0 aromatic rings. The molecule has 2 amide bonds. The SMILES string of the molecule is NCCCCCC(=O)NCCNC(=O)C1CC1. The van der Waals surface area contributed by atoms with E-state index in [2.05, 4.69) is 10.6 Å². The zero-order valence-corrected chi connectivity index (χ0v) is 10.3. The number of nitrogens with one attached hydrogen (secondary N) is 2. The number of amides is 2. The van der Waals surface area contributed by atoms with E-state index < -0.39 is 0 Å². The number of unbranched alkanes of at least 4 members (excludes halogenated alkanes) is 2. The van der Waals surface area contributed by atoms with E-state index in [-0.39, 0.29) is 17.7 Å². The summed E-state index contributed by atoms with van der Waals surface area (Å²) < 4.78 is 0. The molecule has 5 nitrogen and oxygen atoms in total. The summed E-state index contributed by atoms with van der Waals surface area (Å²) in [7, 11) is 0. The molecule has 5 heteroatoms. The zero-order valence-electron chi connectivity index (χ0n) is 10.3. The van der Waals surface area contributed by atoms with Crippen LogP contribution in [0.1, 0.15) is 38.5 Å². The number of carbonyl (C=O) groups is 2. The van der Waals surface area contributed by atoms with Gasteiger partial charge >= 0.3 is 0 Å². The third-order valence-corrected chi connectivity index (χ3v) is 2.80. The van der Waals surface area contributed by atoms with Crippen molar-refractivity contribution in [2.45, 2.75) is 38.5 Å². The van der Waals surface area contributed by atoms with Crippen LogP contribution in [0.5, 0.6) is 0 Å². The van der Waals surface area contributed by atoms with Gasteiger partial charge in [0.1, 0.15) is 0 Å². The number of hydrogen-bond donors (Lipinski definition) is 3. The summed E-state index contributed by atoms with van der Waals surface area (Å²) in [6.45, 7) is 1.74.